The average molecular weight is 822 g/mol. The topological polar surface area (TPSA) is 97.3 Å². The Kier molecular flexibility index (Phi) is 14.8. The highest BCUT2D eigenvalue weighted by molar-refractivity contribution is 6.00. The minimum absolute atomic E-state index is 0.0112. The van der Waals surface area contributed by atoms with E-state index in [1.165, 1.54) is 36.1 Å². The second-order valence-electron chi connectivity index (χ2n) is 17.1. The molecule has 6 bridgehead atoms. The van der Waals surface area contributed by atoms with Gasteiger partial charge in [-0.1, -0.05) is 87.6 Å². The van der Waals surface area contributed by atoms with Gasteiger partial charge in [-0.3, -0.25) is 4.79 Å². The molecule has 4 aromatic rings. The molecule has 0 saturated carbocycles. The molecule has 320 valence electrons. The number of hydrogen-bond acceptors (Lipinski definition) is 7. The van der Waals surface area contributed by atoms with Gasteiger partial charge < -0.3 is 29.7 Å². The molecule has 4 atom stereocenters. The summed E-state index contributed by atoms with van der Waals surface area (Å²) in [6.45, 7) is 7.79. The van der Waals surface area contributed by atoms with Crippen LogP contribution in [-0.4, -0.2) is 35.8 Å². The highest BCUT2D eigenvalue weighted by atomic mass is 16.5. The molecule has 8 rings (SSSR count). The van der Waals surface area contributed by atoms with Crippen LogP contribution in [0.3, 0.4) is 0 Å². The minimum Gasteiger partial charge on any atom is -0.508 e. The maximum absolute atomic E-state index is 13.7. The molecule has 0 radical (unpaired) electrons. The fourth-order valence-corrected chi connectivity index (χ4v) is 9.47. The first kappa shape index (κ1) is 43.5. The Hall–Kier alpha value is -5.61. The molecule has 2 aliphatic carbocycles. The van der Waals surface area contributed by atoms with Crippen molar-refractivity contribution in [2.24, 2.45) is 11.8 Å². The number of benzene rings is 4. The summed E-state index contributed by atoms with van der Waals surface area (Å²) in [5.74, 6) is 5.33. The molecular weight excluding hydrogens is 759 g/mol. The van der Waals surface area contributed by atoms with Crippen molar-refractivity contribution in [1.82, 2.24) is 0 Å². The maximum atomic E-state index is 13.7. The lowest BCUT2D eigenvalue weighted by Gasteiger charge is -2.28. The molecule has 2 aliphatic heterocycles. The Balaban J connectivity index is 1.11. The highest BCUT2D eigenvalue weighted by Crippen LogP contribution is 2.42. The van der Waals surface area contributed by atoms with Crippen LogP contribution < -0.4 is 14.8 Å². The number of anilines is 1. The smallest absolute Gasteiger partial charge is 0.161 e. The van der Waals surface area contributed by atoms with Gasteiger partial charge in [0, 0.05) is 43.0 Å². The van der Waals surface area contributed by atoms with Crippen LogP contribution in [0, 0.1) is 23.9 Å². The second-order valence-corrected chi connectivity index (χ2v) is 17.1. The zero-order valence-corrected chi connectivity index (χ0v) is 36.5. The van der Waals surface area contributed by atoms with Crippen molar-refractivity contribution in [1.29, 1.82) is 0 Å². The van der Waals surface area contributed by atoms with Gasteiger partial charge in [0.15, 0.2) is 11.5 Å². The maximum Gasteiger partial charge on any atom is 0.161 e. The third kappa shape index (κ3) is 10.7. The number of methoxy groups -OCH3 is 1. The first-order chi connectivity index (χ1) is 29.8. The van der Waals surface area contributed by atoms with Crippen molar-refractivity contribution in [3.63, 3.8) is 0 Å². The molecule has 3 N–H and O–H groups in total. The van der Waals surface area contributed by atoms with Crippen molar-refractivity contribution in [3.8, 4) is 29.3 Å². The molecule has 7 nitrogen and oxygen atoms in total. The van der Waals surface area contributed by atoms with Crippen molar-refractivity contribution in [2.75, 3.05) is 19.0 Å². The fraction of sp³-hybridized carbons (Fsp3) is 0.426. The zero-order chi connectivity index (χ0) is 42.7. The van der Waals surface area contributed by atoms with Crippen LogP contribution >= 0.6 is 0 Å². The van der Waals surface area contributed by atoms with E-state index in [1.807, 2.05) is 36.4 Å². The fourth-order valence-electron chi connectivity index (χ4n) is 9.47. The van der Waals surface area contributed by atoms with E-state index < -0.39 is 6.10 Å². The van der Waals surface area contributed by atoms with Crippen LogP contribution in [0.15, 0.2) is 84.7 Å². The molecule has 61 heavy (non-hydrogen) atoms. The van der Waals surface area contributed by atoms with Gasteiger partial charge in [0.2, 0.25) is 0 Å². The van der Waals surface area contributed by atoms with Gasteiger partial charge in [0.05, 0.1) is 7.11 Å². The molecule has 4 aromatic carbocycles. The summed E-state index contributed by atoms with van der Waals surface area (Å²) < 4.78 is 18.4. The Bertz CT molecular complexity index is 2340. The number of phenolic OH excluding ortho intramolecular Hbond substituents is 1. The van der Waals surface area contributed by atoms with E-state index in [0.29, 0.717) is 37.4 Å². The molecule has 0 fully saturated rings. The van der Waals surface area contributed by atoms with E-state index >= 15 is 0 Å². The van der Waals surface area contributed by atoms with Gasteiger partial charge in [0.1, 0.15) is 36.1 Å². The normalized spacial score (nSPS) is 19.9. The molecular formula is C54H63NO6. The Morgan fingerprint density at radius 3 is 2.64 bits per heavy atom. The molecule has 7 heteroatoms. The van der Waals surface area contributed by atoms with Crippen LogP contribution in [0.25, 0.3) is 16.8 Å². The van der Waals surface area contributed by atoms with Gasteiger partial charge in [-0.15, -0.1) is 0 Å². The summed E-state index contributed by atoms with van der Waals surface area (Å²) in [6, 6.07) is 18.6. The number of carbonyl (C=O) groups excluding carboxylic acids is 1. The third-order valence-electron chi connectivity index (χ3n) is 12.8. The molecule has 0 aromatic heterocycles. The van der Waals surface area contributed by atoms with Gasteiger partial charge in [-0.2, -0.15) is 0 Å². The number of phenols is 1. The number of unbranched alkanes of at least 4 members (excludes halogenated alkanes) is 3. The van der Waals surface area contributed by atoms with E-state index in [-0.39, 0.29) is 47.9 Å². The molecule has 2 heterocycles. The van der Waals surface area contributed by atoms with Gasteiger partial charge in [-0.25, -0.2) is 0 Å². The third-order valence-corrected chi connectivity index (χ3v) is 12.8. The SMILES string of the molecule is CCCCCc1c(CCCC[C@@H]2C=CC(O)=C[C@@H]2C[C@H]2CC(=O)CCc3ccc(OC)c(c3)OCc3ccc4c(c(O)cc5c4c3C=C[C@H]5C)CC#CO2)cccc1NCC. The summed E-state index contributed by atoms with van der Waals surface area (Å²) >= 11 is 0. The van der Waals surface area contributed by atoms with Crippen molar-refractivity contribution >= 4 is 28.3 Å². The van der Waals surface area contributed by atoms with Crippen molar-refractivity contribution in [2.45, 2.75) is 123 Å². The average Bonchev–Trinajstić information content (AvgIpc) is 3.25. The first-order valence-electron chi connectivity index (χ1n) is 22.6. The number of hydrogen-bond donors (Lipinski definition) is 3. The number of carbonyl (C=O) groups is 1. The summed E-state index contributed by atoms with van der Waals surface area (Å²) in [5.41, 5.74) is 9.09. The number of ether oxygens (including phenoxy) is 3. The number of aryl methyl sites for hydroxylation is 2. The summed E-state index contributed by atoms with van der Waals surface area (Å²) in [4.78, 5) is 13.7. The lowest BCUT2D eigenvalue weighted by atomic mass is 9.80. The summed E-state index contributed by atoms with van der Waals surface area (Å²) in [7, 11) is 1.64. The predicted octanol–water partition coefficient (Wildman–Crippen LogP) is 12.3. The van der Waals surface area contributed by atoms with Gasteiger partial charge in [0.25, 0.3) is 0 Å². The van der Waals surface area contributed by atoms with Gasteiger partial charge >= 0.3 is 0 Å². The van der Waals surface area contributed by atoms with E-state index in [1.54, 1.807) is 7.11 Å². The molecule has 0 saturated heterocycles. The number of aliphatic hydroxyl groups excluding tert-OH is 1. The van der Waals surface area contributed by atoms with Crippen LogP contribution in [0.1, 0.15) is 123 Å². The number of rotatable bonds is 14. The lowest BCUT2D eigenvalue weighted by molar-refractivity contribution is -0.121. The molecule has 0 spiro atoms. The van der Waals surface area contributed by atoms with Crippen LogP contribution in [-0.2, 0) is 41.8 Å². The summed E-state index contributed by atoms with van der Waals surface area (Å²) in [5, 5.41) is 27.7. The molecule has 0 unspecified atom stereocenters. The second kappa shape index (κ2) is 20.8. The highest BCUT2D eigenvalue weighted by Gasteiger charge is 2.27. The van der Waals surface area contributed by atoms with E-state index in [0.717, 1.165) is 77.2 Å². The Morgan fingerprint density at radius 1 is 0.934 bits per heavy atom. The minimum atomic E-state index is -0.474. The Labute approximate surface area is 362 Å². The van der Waals surface area contributed by atoms with Crippen molar-refractivity contribution < 1.29 is 29.2 Å². The van der Waals surface area contributed by atoms with Crippen molar-refractivity contribution in [3.05, 3.63) is 124 Å². The lowest BCUT2D eigenvalue weighted by Crippen LogP contribution is -2.24. The van der Waals surface area contributed by atoms with Crippen LogP contribution in [0.4, 0.5) is 5.69 Å². The number of aromatic hydroxyl groups is 1. The number of nitrogens with one attached hydrogen (secondary N) is 1. The Morgan fingerprint density at radius 2 is 1.80 bits per heavy atom. The quantitative estimate of drug-likeness (QED) is 0.0861. The molecule has 0 amide bonds. The summed E-state index contributed by atoms with van der Waals surface area (Å²) in [6.07, 6.45) is 23.5. The van der Waals surface area contributed by atoms with Crippen LogP contribution in [0.5, 0.6) is 17.2 Å². The largest absolute Gasteiger partial charge is 0.508 e. The monoisotopic (exact) mass is 821 g/mol. The van der Waals surface area contributed by atoms with Crippen LogP contribution in [0.2, 0.25) is 0 Å². The van der Waals surface area contributed by atoms with E-state index in [2.05, 4.69) is 86.7 Å². The number of ketones is 1. The predicted molar refractivity (Wildman–Crippen MR) is 248 cm³/mol. The standard InChI is InChI=1S/C54H63NO6/c1-5-7-8-16-45-39(15-11-18-50(45)55-6-2)14-10-9-13-38-22-25-42(56)31-41(38)32-44-33-43(57)24-20-37-21-28-52(59-4)53(30-37)61-35-40-23-27-48-47(17-12-29-60-44)51(58)34-49-36(3)19-26-46(40)54(48)49/h11,15,18-19,21-23,25-28,30-31,34,36,38,41,44,55-56,58H,5-10,13-14,16-17,20,24,32-33,35H2,1-4H3/t36-,38-,41-,44+/m1/s1. The number of Topliss-reactive ketones (excluding diaryl/α,β-unsaturated/α-hetero) is 1. The van der Waals surface area contributed by atoms with E-state index in [9.17, 15) is 15.0 Å². The van der Waals surface area contributed by atoms with Gasteiger partial charge in [-0.05, 0) is 144 Å². The molecule has 4 aliphatic rings. The number of fused-ring (bicyclic) bond motifs is 9. The number of allylic oxidation sites excluding steroid dienone is 4. The zero-order valence-electron chi connectivity index (χ0n) is 36.5. The van der Waals surface area contributed by atoms with E-state index in [4.69, 9.17) is 14.2 Å². The first-order valence-corrected chi connectivity index (χ1v) is 22.6. The number of aliphatic hydroxyl groups is 1.